The van der Waals surface area contributed by atoms with Gasteiger partial charge in [-0.25, -0.2) is 8.78 Å². The predicted molar refractivity (Wildman–Crippen MR) is 80.5 cm³/mol. The van der Waals surface area contributed by atoms with Crippen LogP contribution < -0.4 is 10.6 Å². The molecular formula is C15H20F2N4O3. The van der Waals surface area contributed by atoms with Crippen LogP contribution in [0.4, 0.5) is 14.6 Å². The molecular weight excluding hydrogens is 322 g/mol. The zero-order valence-corrected chi connectivity index (χ0v) is 13.3. The number of likely N-dealkylation sites (tertiary alicyclic amines) is 1. The number of rotatable bonds is 3. The Morgan fingerprint density at radius 1 is 1.42 bits per heavy atom. The lowest BCUT2D eigenvalue weighted by atomic mass is 9.95. The number of hydrogen-bond acceptors (Lipinski definition) is 5. The number of piperidine rings is 1. The predicted octanol–water partition coefficient (Wildman–Crippen LogP) is 1.16. The third-order valence-corrected chi connectivity index (χ3v) is 4.46. The second-order valence-corrected chi connectivity index (χ2v) is 6.41. The molecule has 0 aliphatic carbocycles. The number of nitrogens with one attached hydrogen (secondary N) is 2. The molecule has 1 aromatic rings. The Morgan fingerprint density at radius 3 is 2.67 bits per heavy atom. The van der Waals surface area contributed by atoms with Gasteiger partial charge < -0.3 is 14.7 Å². The fourth-order valence-electron chi connectivity index (χ4n) is 3.13. The average molecular weight is 342 g/mol. The number of aromatic nitrogens is 1. The third-order valence-electron chi connectivity index (χ3n) is 4.46. The molecule has 24 heavy (non-hydrogen) atoms. The molecule has 0 saturated carbocycles. The molecule has 7 nitrogen and oxygen atoms in total. The number of anilines is 1. The second kappa shape index (κ2) is 6.46. The molecule has 3 heterocycles. The van der Waals surface area contributed by atoms with Gasteiger partial charge in [0.2, 0.25) is 11.8 Å². The van der Waals surface area contributed by atoms with E-state index in [1.54, 1.807) is 17.9 Å². The highest BCUT2D eigenvalue weighted by atomic mass is 19.3. The molecule has 0 bridgehead atoms. The quantitative estimate of drug-likeness (QED) is 0.861. The highest BCUT2D eigenvalue weighted by Crippen LogP contribution is 2.27. The Balaban J connectivity index is 1.48. The summed E-state index contributed by atoms with van der Waals surface area (Å²) in [5.74, 6) is -2.56. The number of amides is 2. The molecule has 1 unspecified atom stereocenters. The van der Waals surface area contributed by atoms with E-state index in [0.29, 0.717) is 37.5 Å². The van der Waals surface area contributed by atoms with Gasteiger partial charge in [0.1, 0.15) is 5.76 Å². The van der Waals surface area contributed by atoms with E-state index in [1.807, 2.05) is 0 Å². The maximum absolute atomic E-state index is 13.2. The maximum Gasteiger partial charge on any atom is 0.262 e. The van der Waals surface area contributed by atoms with Crippen LogP contribution in [0.3, 0.4) is 0 Å². The summed E-state index contributed by atoms with van der Waals surface area (Å²) in [5, 5.41) is 8.97. The fourth-order valence-corrected chi connectivity index (χ4v) is 3.13. The molecule has 0 radical (unpaired) electrons. The van der Waals surface area contributed by atoms with Crippen molar-refractivity contribution in [3.05, 3.63) is 11.8 Å². The van der Waals surface area contributed by atoms with Crippen molar-refractivity contribution in [2.75, 3.05) is 25.0 Å². The number of aryl methyl sites for hydroxylation is 1. The molecule has 3 rings (SSSR count). The van der Waals surface area contributed by atoms with Crippen LogP contribution in [0, 0.1) is 12.8 Å². The number of carbonyl (C=O) groups is 2. The number of carbonyl (C=O) groups excluding carboxylic acids is 2. The topological polar surface area (TPSA) is 87.5 Å². The summed E-state index contributed by atoms with van der Waals surface area (Å²) < 4.78 is 31.3. The van der Waals surface area contributed by atoms with Gasteiger partial charge in [0.05, 0.1) is 12.6 Å². The first-order valence-corrected chi connectivity index (χ1v) is 7.98. The van der Waals surface area contributed by atoms with Crippen molar-refractivity contribution in [1.29, 1.82) is 0 Å². The van der Waals surface area contributed by atoms with Crippen LogP contribution in [0.15, 0.2) is 10.6 Å². The minimum absolute atomic E-state index is 0.166. The van der Waals surface area contributed by atoms with Crippen molar-refractivity contribution in [1.82, 2.24) is 15.4 Å². The Bertz CT molecular complexity index is 626. The van der Waals surface area contributed by atoms with Crippen molar-refractivity contribution >= 4 is 17.6 Å². The first kappa shape index (κ1) is 16.8. The molecule has 2 fully saturated rings. The van der Waals surface area contributed by atoms with Gasteiger partial charge in [-0.15, -0.1) is 0 Å². The zero-order valence-electron chi connectivity index (χ0n) is 13.3. The maximum atomic E-state index is 13.2. The van der Waals surface area contributed by atoms with E-state index in [0.717, 1.165) is 0 Å². The van der Waals surface area contributed by atoms with Gasteiger partial charge in [-0.1, -0.05) is 5.16 Å². The first-order chi connectivity index (χ1) is 11.3. The van der Waals surface area contributed by atoms with Gasteiger partial charge in [-0.2, -0.15) is 0 Å². The van der Waals surface area contributed by atoms with E-state index in [4.69, 9.17) is 4.52 Å². The van der Waals surface area contributed by atoms with Gasteiger partial charge in [0.25, 0.3) is 5.92 Å². The van der Waals surface area contributed by atoms with Crippen LogP contribution in [0.2, 0.25) is 0 Å². The molecule has 2 amide bonds. The van der Waals surface area contributed by atoms with Crippen molar-refractivity contribution < 1.29 is 22.9 Å². The summed E-state index contributed by atoms with van der Waals surface area (Å²) in [6.07, 6.45) is 0.535. The molecule has 0 aromatic carbocycles. The molecule has 2 N–H and O–H groups in total. The monoisotopic (exact) mass is 342 g/mol. The Hall–Kier alpha value is -2.03. The molecule has 2 saturated heterocycles. The lowest BCUT2D eigenvalue weighted by Gasteiger charge is -2.32. The minimum Gasteiger partial charge on any atom is -0.360 e. The van der Waals surface area contributed by atoms with Crippen molar-refractivity contribution in [2.24, 2.45) is 5.92 Å². The molecule has 2 aliphatic heterocycles. The zero-order chi connectivity index (χ0) is 17.3. The average Bonchev–Trinajstić information content (AvgIpc) is 3.12. The Kier molecular flexibility index (Phi) is 4.53. The summed E-state index contributed by atoms with van der Waals surface area (Å²) >= 11 is 0. The van der Waals surface area contributed by atoms with Crippen LogP contribution in [0.1, 0.15) is 25.0 Å². The molecule has 2 aliphatic rings. The van der Waals surface area contributed by atoms with E-state index in [-0.39, 0.29) is 17.7 Å². The van der Waals surface area contributed by atoms with Crippen molar-refractivity contribution in [3.63, 3.8) is 0 Å². The van der Waals surface area contributed by atoms with Gasteiger partial charge in [0.15, 0.2) is 5.82 Å². The van der Waals surface area contributed by atoms with E-state index in [2.05, 4.69) is 15.8 Å². The lowest BCUT2D eigenvalue weighted by molar-refractivity contribution is -0.136. The molecule has 132 valence electrons. The van der Waals surface area contributed by atoms with Crippen LogP contribution in [0.25, 0.3) is 0 Å². The SMILES string of the molecule is Cc1cc(NC(=O)C2CCN(C(=O)C3CC(F)(F)CN3)CC2)no1. The first-order valence-electron chi connectivity index (χ1n) is 7.98. The smallest absolute Gasteiger partial charge is 0.262 e. The van der Waals surface area contributed by atoms with Crippen LogP contribution >= 0.6 is 0 Å². The summed E-state index contributed by atoms with van der Waals surface area (Å²) in [6, 6.07) is 0.797. The summed E-state index contributed by atoms with van der Waals surface area (Å²) in [4.78, 5) is 26.0. The number of halogens is 2. The third kappa shape index (κ3) is 3.72. The number of hydrogen-bond donors (Lipinski definition) is 2. The lowest BCUT2D eigenvalue weighted by Crippen LogP contribution is -2.48. The van der Waals surface area contributed by atoms with Gasteiger partial charge in [0, 0.05) is 31.5 Å². The highest BCUT2D eigenvalue weighted by molar-refractivity contribution is 5.92. The summed E-state index contributed by atoms with van der Waals surface area (Å²) in [7, 11) is 0. The summed E-state index contributed by atoms with van der Waals surface area (Å²) in [6.45, 7) is 2.05. The largest absolute Gasteiger partial charge is 0.360 e. The minimum atomic E-state index is -2.83. The van der Waals surface area contributed by atoms with E-state index < -0.39 is 24.9 Å². The molecule has 1 aromatic heterocycles. The highest BCUT2D eigenvalue weighted by Gasteiger charge is 2.44. The molecule has 1 atom stereocenters. The summed E-state index contributed by atoms with van der Waals surface area (Å²) in [5.41, 5.74) is 0. The van der Waals surface area contributed by atoms with E-state index in [9.17, 15) is 18.4 Å². The van der Waals surface area contributed by atoms with Crippen LogP contribution in [-0.4, -0.2) is 53.5 Å². The fraction of sp³-hybridized carbons (Fsp3) is 0.667. The van der Waals surface area contributed by atoms with Gasteiger partial charge in [-0.3, -0.25) is 14.9 Å². The van der Waals surface area contributed by atoms with Crippen LogP contribution in [-0.2, 0) is 9.59 Å². The second-order valence-electron chi connectivity index (χ2n) is 6.41. The van der Waals surface area contributed by atoms with Crippen LogP contribution in [0.5, 0.6) is 0 Å². The van der Waals surface area contributed by atoms with E-state index in [1.165, 1.54) is 0 Å². The number of alkyl halides is 2. The van der Waals surface area contributed by atoms with Crippen molar-refractivity contribution in [2.45, 2.75) is 38.2 Å². The standard InChI is InChI=1S/C15H20F2N4O3/c1-9-6-12(20-24-9)19-13(22)10-2-4-21(5-3-10)14(23)11-7-15(16,17)8-18-11/h6,10-11,18H,2-5,7-8H2,1H3,(H,19,20,22). The van der Waals surface area contributed by atoms with E-state index >= 15 is 0 Å². The Labute approximate surface area is 137 Å². The van der Waals surface area contributed by atoms with Gasteiger partial charge in [-0.05, 0) is 19.8 Å². The Morgan fingerprint density at radius 2 is 2.12 bits per heavy atom. The number of nitrogens with zero attached hydrogens (tertiary/aromatic N) is 2. The molecule has 9 heteroatoms. The molecule has 0 spiro atoms. The normalized spacial score (nSPS) is 24.1. The van der Waals surface area contributed by atoms with Gasteiger partial charge >= 0.3 is 0 Å². The van der Waals surface area contributed by atoms with Crippen molar-refractivity contribution in [3.8, 4) is 0 Å².